The monoisotopic (exact) mass is 244 g/mol. The first-order valence-corrected chi connectivity index (χ1v) is 7.88. The molecule has 2 unspecified atom stereocenters. The van der Waals surface area contributed by atoms with Gasteiger partial charge in [-0.15, -0.1) is 0 Å². The van der Waals surface area contributed by atoms with E-state index >= 15 is 0 Å². The van der Waals surface area contributed by atoms with E-state index in [1.165, 1.54) is 36.6 Å². The van der Waals surface area contributed by atoms with Gasteiger partial charge in [0.15, 0.2) is 5.17 Å². The largest absolute Gasteiger partial charge is 0.364 e. The van der Waals surface area contributed by atoms with Crippen LogP contribution in [0.15, 0.2) is 4.99 Å². The van der Waals surface area contributed by atoms with Crippen molar-refractivity contribution in [2.75, 3.05) is 18.8 Å². The Morgan fingerprint density at radius 2 is 2.40 bits per heavy atom. The summed E-state index contributed by atoms with van der Waals surface area (Å²) in [5, 5.41) is 6.28. The minimum absolute atomic E-state index is 0.744. The molecule has 2 atom stereocenters. The molecule has 0 aromatic carbocycles. The van der Waals surface area contributed by atoms with Gasteiger partial charge in [-0.2, -0.15) is 11.8 Å². The van der Waals surface area contributed by atoms with E-state index in [-0.39, 0.29) is 0 Å². The van der Waals surface area contributed by atoms with Crippen LogP contribution in [-0.2, 0) is 0 Å². The Kier molecular flexibility index (Phi) is 4.69. The Morgan fingerprint density at radius 3 is 3.13 bits per heavy atom. The van der Waals surface area contributed by atoms with Gasteiger partial charge in [0, 0.05) is 17.0 Å². The number of hydrogen-bond donors (Lipinski definition) is 1. The maximum atomic E-state index is 4.56. The third-order valence-electron chi connectivity index (χ3n) is 2.83. The number of rotatable bonds is 4. The summed E-state index contributed by atoms with van der Waals surface area (Å²) in [6.07, 6.45) is 5.36. The highest BCUT2D eigenvalue weighted by Crippen LogP contribution is 2.27. The quantitative estimate of drug-likeness (QED) is 0.823. The van der Waals surface area contributed by atoms with Gasteiger partial charge < -0.3 is 5.32 Å². The molecule has 2 aliphatic rings. The van der Waals surface area contributed by atoms with Gasteiger partial charge in [-0.3, -0.25) is 4.99 Å². The Labute approximate surface area is 101 Å². The van der Waals surface area contributed by atoms with Crippen molar-refractivity contribution in [2.45, 2.75) is 43.1 Å². The molecule has 0 bridgehead atoms. The van der Waals surface area contributed by atoms with Crippen molar-refractivity contribution in [3.05, 3.63) is 0 Å². The third-order valence-corrected chi connectivity index (χ3v) is 5.45. The van der Waals surface area contributed by atoms with Crippen LogP contribution in [0.2, 0.25) is 0 Å². The minimum atomic E-state index is 0.744. The summed E-state index contributed by atoms with van der Waals surface area (Å²) in [7, 11) is 0. The fourth-order valence-electron chi connectivity index (χ4n) is 1.99. The van der Waals surface area contributed by atoms with Crippen LogP contribution in [-0.4, -0.2) is 34.5 Å². The van der Waals surface area contributed by atoms with E-state index < -0.39 is 0 Å². The van der Waals surface area contributed by atoms with Gasteiger partial charge in [0.05, 0.1) is 6.54 Å². The summed E-state index contributed by atoms with van der Waals surface area (Å²) in [5.41, 5.74) is 0. The molecule has 0 aliphatic carbocycles. The molecule has 86 valence electrons. The molecule has 0 aromatic rings. The Morgan fingerprint density at radius 1 is 1.47 bits per heavy atom. The topological polar surface area (TPSA) is 24.4 Å². The molecule has 2 nitrogen and oxygen atoms in total. The Bertz CT molecular complexity index is 225. The van der Waals surface area contributed by atoms with Crippen molar-refractivity contribution in [3.63, 3.8) is 0 Å². The van der Waals surface area contributed by atoms with Crippen molar-refractivity contribution < 1.29 is 0 Å². The van der Waals surface area contributed by atoms with Crippen molar-refractivity contribution in [1.82, 2.24) is 5.32 Å². The second-order valence-electron chi connectivity index (χ2n) is 4.19. The smallest absolute Gasteiger partial charge is 0.156 e. The zero-order chi connectivity index (χ0) is 10.5. The zero-order valence-electron chi connectivity index (χ0n) is 9.37. The van der Waals surface area contributed by atoms with E-state index in [1.807, 2.05) is 11.8 Å². The van der Waals surface area contributed by atoms with Crippen molar-refractivity contribution >= 4 is 28.7 Å². The first-order chi connectivity index (χ1) is 7.38. The van der Waals surface area contributed by atoms with Gasteiger partial charge in [0.25, 0.3) is 0 Å². The molecule has 4 heteroatoms. The molecule has 0 spiro atoms. The zero-order valence-corrected chi connectivity index (χ0v) is 11.0. The van der Waals surface area contributed by atoms with Crippen molar-refractivity contribution in [2.24, 2.45) is 4.99 Å². The number of amidine groups is 1. The molecule has 0 saturated carbocycles. The fraction of sp³-hybridized carbons (Fsp3) is 0.909. The molecule has 2 rings (SSSR count). The van der Waals surface area contributed by atoms with Crippen molar-refractivity contribution in [1.29, 1.82) is 0 Å². The molecule has 15 heavy (non-hydrogen) atoms. The van der Waals surface area contributed by atoms with E-state index in [0.717, 1.165) is 23.6 Å². The number of nitrogens with zero attached hydrogens (tertiary/aromatic N) is 1. The highest BCUT2D eigenvalue weighted by Gasteiger charge is 2.20. The first kappa shape index (κ1) is 11.6. The maximum absolute atomic E-state index is 4.56. The van der Waals surface area contributed by atoms with Crippen LogP contribution in [0.1, 0.15) is 32.6 Å². The minimum Gasteiger partial charge on any atom is -0.364 e. The lowest BCUT2D eigenvalue weighted by Gasteiger charge is -2.11. The van der Waals surface area contributed by atoms with E-state index in [0.29, 0.717) is 0 Å². The van der Waals surface area contributed by atoms with E-state index in [9.17, 15) is 0 Å². The summed E-state index contributed by atoms with van der Waals surface area (Å²) < 4.78 is 0. The van der Waals surface area contributed by atoms with Crippen LogP contribution in [0.5, 0.6) is 0 Å². The lowest BCUT2D eigenvalue weighted by Crippen LogP contribution is -2.27. The summed E-state index contributed by atoms with van der Waals surface area (Å²) in [6, 6.07) is 0. The summed E-state index contributed by atoms with van der Waals surface area (Å²) in [4.78, 5) is 4.56. The van der Waals surface area contributed by atoms with Gasteiger partial charge in [0.2, 0.25) is 0 Å². The van der Waals surface area contributed by atoms with Crippen LogP contribution < -0.4 is 5.32 Å². The molecule has 0 radical (unpaired) electrons. The SMILES string of the molecule is CCCC1CN=C(NCC2CCCS2)S1. The van der Waals surface area contributed by atoms with Gasteiger partial charge >= 0.3 is 0 Å². The molecule has 2 aliphatic heterocycles. The lowest BCUT2D eigenvalue weighted by molar-refractivity contribution is 0.744. The van der Waals surface area contributed by atoms with Gasteiger partial charge in [0.1, 0.15) is 0 Å². The summed E-state index contributed by atoms with van der Waals surface area (Å²) >= 11 is 4.06. The average molecular weight is 244 g/mol. The van der Waals surface area contributed by atoms with E-state index in [2.05, 4.69) is 29.0 Å². The van der Waals surface area contributed by atoms with Crippen LogP contribution in [0.25, 0.3) is 0 Å². The third kappa shape index (κ3) is 3.59. The van der Waals surface area contributed by atoms with Gasteiger partial charge in [-0.25, -0.2) is 0 Å². The number of hydrogen-bond acceptors (Lipinski definition) is 4. The molecule has 1 fully saturated rings. The predicted octanol–water partition coefficient (Wildman–Crippen LogP) is 2.74. The Hall–Kier alpha value is 0.170. The number of thioether (sulfide) groups is 2. The predicted molar refractivity (Wildman–Crippen MR) is 72.1 cm³/mol. The van der Waals surface area contributed by atoms with Crippen LogP contribution in [0.4, 0.5) is 0 Å². The first-order valence-electron chi connectivity index (χ1n) is 5.95. The van der Waals surface area contributed by atoms with Crippen LogP contribution in [0, 0.1) is 0 Å². The number of nitrogens with one attached hydrogen (secondary N) is 1. The highest BCUT2D eigenvalue weighted by molar-refractivity contribution is 8.14. The highest BCUT2D eigenvalue weighted by atomic mass is 32.2. The molecule has 0 amide bonds. The summed E-state index contributed by atoms with van der Waals surface area (Å²) in [6.45, 7) is 4.40. The second-order valence-corrected chi connectivity index (χ2v) is 6.89. The summed E-state index contributed by atoms with van der Waals surface area (Å²) in [5.74, 6) is 1.35. The molecule has 1 saturated heterocycles. The Balaban J connectivity index is 1.63. The lowest BCUT2D eigenvalue weighted by atomic mass is 10.2. The van der Waals surface area contributed by atoms with Gasteiger partial charge in [-0.1, -0.05) is 25.1 Å². The molecular weight excluding hydrogens is 224 g/mol. The van der Waals surface area contributed by atoms with E-state index in [1.54, 1.807) is 0 Å². The average Bonchev–Trinajstić information content (AvgIpc) is 2.85. The molecule has 2 heterocycles. The van der Waals surface area contributed by atoms with E-state index in [4.69, 9.17) is 0 Å². The van der Waals surface area contributed by atoms with Crippen molar-refractivity contribution in [3.8, 4) is 0 Å². The van der Waals surface area contributed by atoms with Crippen LogP contribution >= 0.6 is 23.5 Å². The fourth-order valence-corrected chi connectivity index (χ4v) is 4.33. The normalized spacial score (nSPS) is 30.6. The standard InChI is InChI=1S/C11H20N2S2/c1-2-4-10-8-13-11(15-10)12-7-9-5-3-6-14-9/h9-10H,2-8H2,1H3,(H,12,13). The molecule has 0 aromatic heterocycles. The van der Waals surface area contributed by atoms with Gasteiger partial charge in [-0.05, 0) is 25.0 Å². The maximum Gasteiger partial charge on any atom is 0.156 e. The molecular formula is C11H20N2S2. The number of aliphatic imine (C=N–C) groups is 1. The molecule has 1 N–H and O–H groups in total. The second kappa shape index (κ2) is 6.04. The van der Waals surface area contributed by atoms with Crippen LogP contribution in [0.3, 0.4) is 0 Å².